The number of nitrogens with one attached hydrogen (secondary N) is 1. The van der Waals surface area contributed by atoms with Crippen LogP contribution in [0.3, 0.4) is 0 Å². The molecule has 6 nitrogen and oxygen atoms in total. The van der Waals surface area contributed by atoms with Crippen molar-refractivity contribution in [3.05, 3.63) is 94.7 Å². The summed E-state index contributed by atoms with van der Waals surface area (Å²) in [6.07, 6.45) is 2.66. The van der Waals surface area contributed by atoms with E-state index in [2.05, 4.69) is 9.71 Å². The lowest BCUT2D eigenvalue weighted by atomic mass is 9.99. The van der Waals surface area contributed by atoms with Gasteiger partial charge in [-0.3, -0.25) is 9.78 Å². The van der Waals surface area contributed by atoms with E-state index in [1.807, 2.05) is 32.9 Å². The summed E-state index contributed by atoms with van der Waals surface area (Å²) in [4.78, 5) is 16.8. The van der Waals surface area contributed by atoms with Gasteiger partial charge in [-0.1, -0.05) is 23.8 Å². The lowest BCUT2D eigenvalue weighted by Crippen LogP contribution is -2.32. The van der Waals surface area contributed by atoms with Crippen molar-refractivity contribution in [2.75, 3.05) is 0 Å². The molecule has 0 aliphatic heterocycles. The summed E-state index contributed by atoms with van der Waals surface area (Å²) in [5.41, 5.74) is 4.75. The summed E-state index contributed by atoms with van der Waals surface area (Å²) < 4.78 is 43.6. The highest BCUT2D eigenvalue weighted by Gasteiger charge is 2.24. The number of carbonyl (C=O) groups is 1. The van der Waals surface area contributed by atoms with Gasteiger partial charge in [0.2, 0.25) is 0 Å². The van der Waals surface area contributed by atoms with E-state index in [1.54, 1.807) is 16.7 Å². The van der Waals surface area contributed by atoms with Crippen LogP contribution >= 0.6 is 0 Å². The number of sulfonamides is 1. The molecule has 4 aromatic rings. The first-order chi connectivity index (χ1) is 15.2. The standard InChI is InChI=1S/C24H22FN3O3S/c1-15-11-16(2)20(17(3)12-15)14-28-22-6-4-5-21(25)19(22)13-23(28)24(29)27-32(30,31)18-7-9-26-10-8-18/h4-13H,14H2,1-3H3,(H,27,29). The minimum atomic E-state index is -4.11. The predicted octanol–water partition coefficient (Wildman–Crippen LogP) is 4.27. The van der Waals surface area contributed by atoms with Gasteiger partial charge < -0.3 is 4.57 Å². The van der Waals surface area contributed by atoms with Gasteiger partial charge in [0.15, 0.2) is 0 Å². The summed E-state index contributed by atoms with van der Waals surface area (Å²) in [6, 6.07) is 12.7. The summed E-state index contributed by atoms with van der Waals surface area (Å²) in [5.74, 6) is -1.32. The fourth-order valence-corrected chi connectivity index (χ4v) is 4.92. The molecule has 0 radical (unpaired) electrons. The van der Waals surface area contributed by atoms with E-state index in [0.29, 0.717) is 12.1 Å². The van der Waals surface area contributed by atoms with Crippen LogP contribution in [0.1, 0.15) is 32.7 Å². The molecule has 32 heavy (non-hydrogen) atoms. The van der Waals surface area contributed by atoms with Gasteiger partial charge in [-0.2, -0.15) is 0 Å². The van der Waals surface area contributed by atoms with Crippen molar-refractivity contribution in [2.45, 2.75) is 32.2 Å². The number of halogens is 1. The van der Waals surface area contributed by atoms with Gasteiger partial charge in [0, 0.05) is 24.3 Å². The summed E-state index contributed by atoms with van der Waals surface area (Å²) in [5, 5.41) is 0.251. The molecule has 2 heterocycles. The number of benzene rings is 2. The van der Waals surface area contributed by atoms with E-state index in [1.165, 1.54) is 36.7 Å². The third-order valence-electron chi connectivity index (χ3n) is 5.47. The Kier molecular flexibility index (Phi) is 5.56. The summed E-state index contributed by atoms with van der Waals surface area (Å²) in [7, 11) is -4.11. The van der Waals surface area contributed by atoms with Gasteiger partial charge in [-0.05, 0) is 67.8 Å². The Labute approximate surface area is 185 Å². The van der Waals surface area contributed by atoms with Crippen LogP contribution in [0.25, 0.3) is 10.9 Å². The molecule has 164 valence electrons. The Hall–Kier alpha value is -3.52. The third kappa shape index (κ3) is 4.01. The highest BCUT2D eigenvalue weighted by Crippen LogP contribution is 2.26. The van der Waals surface area contributed by atoms with Crippen molar-refractivity contribution in [2.24, 2.45) is 0 Å². The molecule has 1 N–H and O–H groups in total. The molecular formula is C24H22FN3O3S. The first-order valence-electron chi connectivity index (χ1n) is 9.99. The van der Waals surface area contributed by atoms with E-state index in [4.69, 9.17) is 0 Å². The number of pyridine rings is 1. The molecule has 0 aliphatic rings. The minimum Gasteiger partial charge on any atom is -0.332 e. The highest BCUT2D eigenvalue weighted by atomic mass is 32.2. The van der Waals surface area contributed by atoms with E-state index in [0.717, 1.165) is 22.3 Å². The second-order valence-corrected chi connectivity index (χ2v) is 9.47. The molecular weight excluding hydrogens is 429 g/mol. The second kappa shape index (κ2) is 8.20. The Morgan fingerprint density at radius 1 is 1.03 bits per heavy atom. The molecule has 2 aromatic heterocycles. The first kappa shape index (κ1) is 21.7. The second-order valence-electron chi connectivity index (χ2n) is 7.78. The van der Waals surface area contributed by atoms with Crippen molar-refractivity contribution in [3.63, 3.8) is 0 Å². The van der Waals surface area contributed by atoms with Crippen LogP contribution in [0, 0.1) is 26.6 Å². The Bertz CT molecular complexity index is 1420. The number of aryl methyl sites for hydroxylation is 3. The fraction of sp³-hybridized carbons (Fsp3) is 0.167. The number of hydrogen-bond donors (Lipinski definition) is 1. The average molecular weight is 452 g/mol. The van der Waals surface area contributed by atoms with E-state index < -0.39 is 21.7 Å². The molecule has 0 atom stereocenters. The zero-order valence-electron chi connectivity index (χ0n) is 17.9. The minimum absolute atomic E-state index is 0.0575. The van der Waals surface area contributed by atoms with Crippen LogP contribution in [0.4, 0.5) is 4.39 Å². The molecule has 0 unspecified atom stereocenters. The molecule has 2 aromatic carbocycles. The van der Waals surface area contributed by atoms with Crippen molar-refractivity contribution in [1.82, 2.24) is 14.3 Å². The fourth-order valence-electron chi connectivity index (χ4n) is 3.97. The molecule has 0 saturated carbocycles. The maximum absolute atomic E-state index is 14.5. The maximum Gasteiger partial charge on any atom is 0.281 e. The molecule has 0 bridgehead atoms. The molecule has 0 saturated heterocycles. The van der Waals surface area contributed by atoms with Gasteiger partial charge in [0.05, 0.1) is 10.4 Å². The van der Waals surface area contributed by atoms with E-state index >= 15 is 0 Å². The van der Waals surface area contributed by atoms with Gasteiger partial charge in [-0.25, -0.2) is 17.5 Å². The lowest BCUT2D eigenvalue weighted by Gasteiger charge is -2.16. The molecule has 4 rings (SSSR count). The van der Waals surface area contributed by atoms with Gasteiger partial charge >= 0.3 is 0 Å². The number of carbonyl (C=O) groups excluding carboxylic acids is 1. The summed E-state index contributed by atoms with van der Waals surface area (Å²) >= 11 is 0. The van der Waals surface area contributed by atoms with Crippen molar-refractivity contribution in [3.8, 4) is 0 Å². The van der Waals surface area contributed by atoms with Crippen LogP contribution < -0.4 is 4.72 Å². The SMILES string of the molecule is Cc1cc(C)c(Cn2c(C(=O)NS(=O)(=O)c3ccncc3)cc3c(F)cccc32)c(C)c1. The lowest BCUT2D eigenvalue weighted by molar-refractivity contribution is 0.0973. The number of aromatic nitrogens is 2. The summed E-state index contributed by atoms with van der Waals surface area (Å²) in [6.45, 7) is 6.26. The zero-order chi connectivity index (χ0) is 23.0. The molecule has 1 amide bonds. The van der Waals surface area contributed by atoms with Crippen LogP contribution in [0.2, 0.25) is 0 Å². The number of rotatable bonds is 5. The van der Waals surface area contributed by atoms with Crippen LogP contribution in [0.5, 0.6) is 0 Å². The Balaban J connectivity index is 1.82. The first-order valence-corrected chi connectivity index (χ1v) is 11.5. The number of nitrogens with zero attached hydrogens (tertiary/aromatic N) is 2. The smallest absolute Gasteiger partial charge is 0.281 e. The van der Waals surface area contributed by atoms with E-state index in [9.17, 15) is 17.6 Å². The van der Waals surface area contributed by atoms with Crippen molar-refractivity contribution >= 4 is 26.8 Å². The number of fused-ring (bicyclic) bond motifs is 1. The maximum atomic E-state index is 14.5. The quantitative estimate of drug-likeness (QED) is 0.491. The monoisotopic (exact) mass is 451 g/mol. The number of hydrogen-bond acceptors (Lipinski definition) is 4. The molecule has 0 fully saturated rings. The van der Waals surface area contributed by atoms with Crippen molar-refractivity contribution in [1.29, 1.82) is 0 Å². The highest BCUT2D eigenvalue weighted by molar-refractivity contribution is 7.90. The Morgan fingerprint density at radius 2 is 1.69 bits per heavy atom. The Morgan fingerprint density at radius 3 is 2.34 bits per heavy atom. The largest absolute Gasteiger partial charge is 0.332 e. The van der Waals surface area contributed by atoms with E-state index in [-0.39, 0.29) is 16.0 Å². The van der Waals surface area contributed by atoms with Crippen LogP contribution in [-0.4, -0.2) is 23.9 Å². The van der Waals surface area contributed by atoms with Gasteiger partial charge in [0.1, 0.15) is 11.5 Å². The molecule has 0 aliphatic carbocycles. The normalized spacial score (nSPS) is 11.6. The van der Waals surface area contributed by atoms with Crippen molar-refractivity contribution < 1.29 is 17.6 Å². The average Bonchev–Trinajstić information content (AvgIpc) is 3.11. The van der Waals surface area contributed by atoms with Crippen LogP contribution in [-0.2, 0) is 16.6 Å². The topological polar surface area (TPSA) is 81.1 Å². The zero-order valence-corrected chi connectivity index (χ0v) is 18.7. The van der Waals surface area contributed by atoms with Gasteiger partial charge in [0.25, 0.3) is 15.9 Å². The number of amides is 1. The van der Waals surface area contributed by atoms with Gasteiger partial charge in [-0.15, -0.1) is 0 Å². The molecule has 8 heteroatoms. The molecule has 0 spiro atoms. The van der Waals surface area contributed by atoms with Crippen LogP contribution in [0.15, 0.2) is 65.8 Å². The third-order valence-corrected chi connectivity index (χ3v) is 6.82. The predicted molar refractivity (Wildman–Crippen MR) is 121 cm³/mol.